The van der Waals surface area contributed by atoms with E-state index in [1.807, 2.05) is 20.9 Å². The maximum atomic E-state index is 11.4. The van der Waals surface area contributed by atoms with Gasteiger partial charge in [-0.1, -0.05) is 0 Å². The Kier molecular flexibility index (Phi) is 3.93. The lowest BCUT2D eigenvalue weighted by Crippen LogP contribution is -2.13. The van der Waals surface area contributed by atoms with Gasteiger partial charge in [-0.25, -0.2) is 4.79 Å². The topological polar surface area (TPSA) is 92.9 Å². The first kappa shape index (κ1) is 15.0. The maximum absolute atomic E-state index is 11.4. The third kappa shape index (κ3) is 2.72. The first-order valence-electron chi connectivity index (χ1n) is 6.63. The van der Waals surface area contributed by atoms with E-state index in [4.69, 9.17) is 0 Å². The van der Waals surface area contributed by atoms with Crippen LogP contribution in [0, 0.1) is 27.7 Å². The van der Waals surface area contributed by atoms with Crippen LogP contribution in [-0.4, -0.2) is 31.1 Å². The molecule has 0 bridgehead atoms. The van der Waals surface area contributed by atoms with E-state index in [-0.39, 0.29) is 11.4 Å². The Balaban J connectivity index is 2.32. The first-order valence-corrected chi connectivity index (χ1v) is 6.63. The highest BCUT2D eigenvalue weighted by Gasteiger charge is 2.18. The Labute approximate surface area is 123 Å². The third-order valence-electron chi connectivity index (χ3n) is 3.76. The molecule has 0 saturated heterocycles. The number of nitrogens with one attached hydrogen (secondary N) is 1. The van der Waals surface area contributed by atoms with Gasteiger partial charge in [0.2, 0.25) is 0 Å². The minimum Gasteiger partial charge on any atom is -0.478 e. The molecule has 2 rings (SSSR count). The van der Waals surface area contributed by atoms with Gasteiger partial charge in [0, 0.05) is 24.8 Å². The Morgan fingerprint density at radius 2 is 1.86 bits per heavy atom. The highest BCUT2D eigenvalue weighted by Crippen LogP contribution is 2.20. The Morgan fingerprint density at radius 3 is 2.38 bits per heavy atom. The largest absolute Gasteiger partial charge is 0.478 e. The summed E-state index contributed by atoms with van der Waals surface area (Å²) in [5.74, 6) is -0.721. The normalized spacial score (nSPS) is 10.7. The van der Waals surface area contributed by atoms with Crippen molar-refractivity contribution in [3.63, 3.8) is 0 Å². The number of aromatic nitrogens is 4. The van der Waals surface area contributed by atoms with Crippen LogP contribution in [0.1, 0.15) is 38.6 Å². The van der Waals surface area contributed by atoms with Crippen LogP contribution in [0.15, 0.2) is 0 Å². The molecule has 0 amide bonds. The zero-order chi connectivity index (χ0) is 15.7. The van der Waals surface area contributed by atoms with E-state index < -0.39 is 5.97 Å². The minimum absolute atomic E-state index is 0.168. The van der Waals surface area contributed by atoms with E-state index in [0.717, 1.165) is 17.0 Å². The van der Waals surface area contributed by atoms with Crippen molar-refractivity contribution in [2.45, 2.75) is 34.2 Å². The van der Waals surface area contributed by atoms with Crippen molar-refractivity contribution in [3.05, 3.63) is 33.8 Å². The zero-order valence-corrected chi connectivity index (χ0v) is 12.9. The number of anilines is 1. The minimum atomic E-state index is -1.01. The lowest BCUT2D eigenvalue weighted by Gasteiger charge is -2.11. The van der Waals surface area contributed by atoms with Crippen molar-refractivity contribution in [2.24, 2.45) is 7.05 Å². The van der Waals surface area contributed by atoms with Gasteiger partial charge in [-0.05, 0) is 33.3 Å². The third-order valence-corrected chi connectivity index (χ3v) is 3.76. The molecule has 0 atom stereocenters. The quantitative estimate of drug-likeness (QED) is 0.890. The second kappa shape index (κ2) is 5.51. The summed E-state index contributed by atoms with van der Waals surface area (Å²) >= 11 is 0. The van der Waals surface area contributed by atoms with Crippen LogP contribution in [0.3, 0.4) is 0 Å². The fraction of sp³-hybridized carbons (Fsp3) is 0.429. The van der Waals surface area contributed by atoms with Crippen molar-refractivity contribution >= 4 is 11.8 Å². The molecule has 0 unspecified atom stereocenters. The SMILES string of the molecule is Cc1nnc(NCc2c(C)nn(C)c2C)c(C(=O)O)c1C. The molecule has 2 heterocycles. The molecule has 0 spiro atoms. The lowest BCUT2D eigenvalue weighted by molar-refractivity contribution is 0.0696. The highest BCUT2D eigenvalue weighted by molar-refractivity contribution is 5.94. The molecule has 0 aliphatic heterocycles. The monoisotopic (exact) mass is 289 g/mol. The molecule has 0 aliphatic carbocycles. The molecule has 0 aromatic carbocycles. The summed E-state index contributed by atoms with van der Waals surface area (Å²) in [7, 11) is 1.88. The fourth-order valence-electron chi connectivity index (χ4n) is 2.24. The average Bonchev–Trinajstić information content (AvgIpc) is 2.65. The summed E-state index contributed by atoms with van der Waals surface area (Å²) < 4.78 is 1.80. The molecule has 0 fully saturated rings. The van der Waals surface area contributed by atoms with E-state index >= 15 is 0 Å². The van der Waals surface area contributed by atoms with E-state index in [9.17, 15) is 9.90 Å². The van der Waals surface area contributed by atoms with Crippen molar-refractivity contribution < 1.29 is 9.90 Å². The Hall–Kier alpha value is -2.44. The van der Waals surface area contributed by atoms with E-state index in [1.54, 1.807) is 18.5 Å². The van der Waals surface area contributed by atoms with Gasteiger partial charge in [-0.15, -0.1) is 5.10 Å². The van der Waals surface area contributed by atoms with Crippen molar-refractivity contribution in [1.82, 2.24) is 20.0 Å². The number of hydrogen-bond acceptors (Lipinski definition) is 5. The van der Waals surface area contributed by atoms with Crippen LogP contribution in [-0.2, 0) is 13.6 Å². The van der Waals surface area contributed by atoms with Gasteiger partial charge >= 0.3 is 5.97 Å². The van der Waals surface area contributed by atoms with E-state index in [0.29, 0.717) is 17.8 Å². The van der Waals surface area contributed by atoms with E-state index in [1.165, 1.54) is 0 Å². The van der Waals surface area contributed by atoms with Gasteiger partial charge < -0.3 is 10.4 Å². The van der Waals surface area contributed by atoms with Crippen molar-refractivity contribution in [3.8, 4) is 0 Å². The van der Waals surface area contributed by atoms with Crippen LogP contribution < -0.4 is 5.32 Å². The maximum Gasteiger partial charge on any atom is 0.339 e. The lowest BCUT2D eigenvalue weighted by atomic mass is 10.1. The molecule has 2 N–H and O–H groups in total. The summed E-state index contributed by atoms with van der Waals surface area (Å²) in [6, 6.07) is 0. The van der Waals surface area contributed by atoms with Gasteiger partial charge in [0.25, 0.3) is 0 Å². The predicted molar refractivity (Wildman–Crippen MR) is 78.5 cm³/mol. The summed E-state index contributed by atoms with van der Waals surface area (Å²) in [6.07, 6.45) is 0. The molecular weight excluding hydrogens is 270 g/mol. The van der Waals surface area contributed by atoms with Crippen LogP contribution in [0.4, 0.5) is 5.82 Å². The van der Waals surface area contributed by atoms with Gasteiger partial charge in [0.15, 0.2) is 5.82 Å². The fourth-order valence-corrected chi connectivity index (χ4v) is 2.24. The summed E-state index contributed by atoms with van der Waals surface area (Å²) in [4.78, 5) is 11.4. The number of aryl methyl sites for hydroxylation is 3. The van der Waals surface area contributed by atoms with Crippen LogP contribution in [0.25, 0.3) is 0 Å². The number of carboxylic acids is 1. The molecule has 7 nitrogen and oxygen atoms in total. The Bertz CT molecular complexity index is 706. The molecule has 0 saturated carbocycles. The number of hydrogen-bond donors (Lipinski definition) is 2. The summed E-state index contributed by atoms with van der Waals surface area (Å²) in [5, 5.41) is 24.7. The highest BCUT2D eigenvalue weighted by atomic mass is 16.4. The Morgan fingerprint density at radius 1 is 1.19 bits per heavy atom. The van der Waals surface area contributed by atoms with Crippen LogP contribution in [0.5, 0.6) is 0 Å². The number of nitrogens with zero attached hydrogens (tertiary/aromatic N) is 4. The van der Waals surface area contributed by atoms with Gasteiger partial charge in [-0.2, -0.15) is 10.2 Å². The number of carbonyl (C=O) groups is 1. The average molecular weight is 289 g/mol. The molecule has 2 aromatic heterocycles. The zero-order valence-electron chi connectivity index (χ0n) is 12.9. The van der Waals surface area contributed by atoms with E-state index in [2.05, 4.69) is 20.6 Å². The van der Waals surface area contributed by atoms with Crippen molar-refractivity contribution in [2.75, 3.05) is 5.32 Å². The molecule has 7 heteroatoms. The molecule has 112 valence electrons. The molecule has 0 aliphatic rings. The second-order valence-electron chi connectivity index (χ2n) is 5.07. The predicted octanol–water partition coefficient (Wildman–Crippen LogP) is 1.75. The number of aromatic carboxylic acids is 1. The molecule has 21 heavy (non-hydrogen) atoms. The smallest absolute Gasteiger partial charge is 0.339 e. The summed E-state index contributed by atoms with van der Waals surface area (Å²) in [6.45, 7) is 7.84. The summed E-state index contributed by atoms with van der Waals surface area (Å²) in [5.41, 5.74) is 4.40. The van der Waals surface area contributed by atoms with Gasteiger partial charge in [0.05, 0.1) is 11.4 Å². The second-order valence-corrected chi connectivity index (χ2v) is 5.07. The number of rotatable bonds is 4. The van der Waals surface area contributed by atoms with Gasteiger partial charge in [0.1, 0.15) is 5.56 Å². The molecule has 0 radical (unpaired) electrons. The van der Waals surface area contributed by atoms with Crippen LogP contribution >= 0.6 is 0 Å². The molecule has 2 aromatic rings. The molecular formula is C14H19N5O2. The van der Waals surface area contributed by atoms with Gasteiger partial charge in [-0.3, -0.25) is 4.68 Å². The van der Waals surface area contributed by atoms with Crippen LogP contribution in [0.2, 0.25) is 0 Å². The first-order chi connectivity index (χ1) is 9.82. The van der Waals surface area contributed by atoms with Crippen molar-refractivity contribution in [1.29, 1.82) is 0 Å². The number of carboxylic acid groups (broad SMARTS) is 1. The standard InChI is InChI=1S/C14H19N5O2/c1-7-8(2)16-17-13(12(7)14(20)21)15-6-11-9(3)18-19(5)10(11)4/h6H2,1-5H3,(H,15,17)(H,20,21).